The molecular weight excluding hydrogens is 516 g/mol. The number of hydrogen-bond donors (Lipinski definition) is 1. The standard InChI is InChI=1S/C21H15F3IO3S/c22-21(23,29(26,27)28)25(24,19-11-9-15-5-1-3-7-17(15)13-19)20-12-10-16-6-2-4-8-18(16)14-20/h1-14H,(H,26,27,28)/q-1. The van der Waals surface area contributed by atoms with E-state index in [-0.39, 0.29) is 0 Å². The Labute approximate surface area is 170 Å². The van der Waals surface area contributed by atoms with E-state index < -0.39 is 39.5 Å². The average molecular weight is 531 g/mol. The maximum atomic E-state index is 16.5. The van der Waals surface area contributed by atoms with Crippen LogP contribution in [0.5, 0.6) is 0 Å². The second-order valence-corrected chi connectivity index (χ2v) is 15.3. The van der Waals surface area contributed by atoms with Crippen LogP contribution in [0.15, 0.2) is 84.9 Å². The van der Waals surface area contributed by atoms with Gasteiger partial charge in [-0.05, 0) is 0 Å². The Balaban J connectivity index is 2.05. The molecule has 0 unspecified atom stereocenters. The van der Waals surface area contributed by atoms with Gasteiger partial charge >= 0.3 is 171 Å². The minimum atomic E-state index is -6.35. The molecule has 0 amide bonds. The number of fused-ring (bicyclic) bond motifs is 2. The van der Waals surface area contributed by atoms with Gasteiger partial charge in [-0.1, -0.05) is 0 Å². The topological polar surface area (TPSA) is 54.4 Å². The van der Waals surface area contributed by atoms with Crippen molar-refractivity contribution in [3.05, 3.63) is 92.1 Å². The maximum absolute atomic E-state index is 16.5. The Morgan fingerprint density at radius 2 is 1.07 bits per heavy atom. The molecular formula is C21H15F3IO3S-. The van der Waals surface area contributed by atoms with Crippen LogP contribution in [0.25, 0.3) is 21.5 Å². The molecule has 0 fully saturated rings. The first kappa shape index (κ1) is 20.1. The van der Waals surface area contributed by atoms with Crippen molar-refractivity contribution in [1.82, 2.24) is 0 Å². The molecule has 3 nitrogen and oxygen atoms in total. The van der Waals surface area contributed by atoms with Gasteiger partial charge in [0.2, 0.25) is 0 Å². The third-order valence-corrected chi connectivity index (χ3v) is 14.8. The monoisotopic (exact) mass is 531 g/mol. The molecule has 4 rings (SSSR count). The Morgan fingerprint density at radius 1 is 0.690 bits per heavy atom. The quantitative estimate of drug-likeness (QED) is 0.250. The van der Waals surface area contributed by atoms with Gasteiger partial charge in [0.25, 0.3) is 0 Å². The van der Waals surface area contributed by atoms with E-state index in [9.17, 15) is 13.0 Å². The molecule has 4 aromatic carbocycles. The molecule has 0 radical (unpaired) electrons. The Hall–Kier alpha value is -2.17. The van der Waals surface area contributed by atoms with Gasteiger partial charge in [-0.2, -0.15) is 0 Å². The second kappa shape index (κ2) is 6.96. The van der Waals surface area contributed by atoms with E-state index in [0.29, 0.717) is 21.5 Å². The molecule has 8 heteroatoms. The summed E-state index contributed by atoms with van der Waals surface area (Å²) < 4.78 is 73.2. The molecule has 0 saturated heterocycles. The van der Waals surface area contributed by atoms with E-state index in [1.54, 1.807) is 48.5 Å². The number of alkyl halides is 3. The predicted octanol–water partition coefficient (Wildman–Crippen LogP) is 2.52. The van der Waals surface area contributed by atoms with Crippen LogP contribution in [0, 0.1) is 7.14 Å². The summed E-state index contributed by atoms with van der Waals surface area (Å²) in [6.45, 7) is 0. The molecule has 4 aromatic rings. The third kappa shape index (κ3) is 3.19. The van der Waals surface area contributed by atoms with Gasteiger partial charge in [-0.15, -0.1) is 0 Å². The second-order valence-electron chi connectivity index (χ2n) is 6.40. The van der Waals surface area contributed by atoms with Crippen LogP contribution in [0.4, 0.5) is 11.6 Å². The summed E-state index contributed by atoms with van der Waals surface area (Å²) in [6, 6.07) is 21.4. The fourth-order valence-corrected chi connectivity index (χ4v) is 12.0. The Kier molecular flexibility index (Phi) is 4.83. The van der Waals surface area contributed by atoms with Crippen LogP contribution < -0.4 is 19.0 Å². The minimum absolute atomic E-state index is 0.395. The van der Waals surface area contributed by atoms with Gasteiger partial charge in [0.15, 0.2) is 0 Å². The zero-order valence-electron chi connectivity index (χ0n) is 14.8. The summed E-state index contributed by atoms with van der Waals surface area (Å²) in [4.78, 5) is 0. The predicted molar refractivity (Wildman–Crippen MR) is 103 cm³/mol. The van der Waals surface area contributed by atoms with Gasteiger partial charge in [-0.25, -0.2) is 0 Å². The van der Waals surface area contributed by atoms with Crippen molar-refractivity contribution in [3.63, 3.8) is 0 Å². The van der Waals surface area contributed by atoms with E-state index >= 15 is 11.6 Å². The van der Waals surface area contributed by atoms with Crippen LogP contribution >= 0.6 is 0 Å². The van der Waals surface area contributed by atoms with Gasteiger partial charge in [-0.3, -0.25) is 0 Å². The number of benzene rings is 4. The van der Waals surface area contributed by atoms with Crippen LogP contribution in [-0.2, 0) is 10.1 Å². The summed E-state index contributed by atoms with van der Waals surface area (Å²) in [5.41, 5.74) is 0. The first-order valence-electron chi connectivity index (χ1n) is 8.44. The molecule has 1 N–H and O–H groups in total. The normalized spacial score (nSPS) is 13.7. The van der Waals surface area contributed by atoms with Crippen LogP contribution in [0.3, 0.4) is 0 Å². The van der Waals surface area contributed by atoms with E-state index in [1.807, 2.05) is 0 Å². The zero-order valence-corrected chi connectivity index (χ0v) is 17.7. The van der Waals surface area contributed by atoms with Crippen molar-refractivity contribution in [2.24, 2.45) is 0 Å². The average Bonchev–Trinajstić information content (AvgIpc) is 2.71. The van der Waals surface area contributed by atoms with Gasteiger partial charge < -0.3 is 0 Å². The summed E-state index contributed by atoms with van der Waals surface area (Å²) >= 11 is -6.35. The fourth-order valence-electron chi connectivity index (χ4n) is 3.16. The molecule has 0 atom stereocenters. The SMILES string of the molecule is O=S(=O)(O)C(F)(F)[I-](F)(c1ccc2ccccc2c1)c1ccc2ccccc2c1. The van der Waals surface area contributed by atoms with Crippen molar-refractivity contribution in [1.29, 1.82) is 0 Å². The first-order valence-corrected chi connectivity index (χ1v) is 13.9. The summed E-state index contributed by atoms with van der Waals surface area (Å²) in [6.07, 6.45) is 0. The summed E-state index contributed by atoms with van der Waals surface area (Å²) in [7, 11) is -5.99. The molecule has 0 bridgehead atoms. The van der Waals surface area contributed by atoms with E-state index in [2.05, 4.69) is 0 Å². The first-order chi connectivity index (χ1) is 13.6. The third-order valence-electron chi connectivity index (χ3n) is 4.62. The van der Waals surface area contributed by atoms with E-state index in [0.717, 1.165) is 0 Å². The molecule has 29 heavy (non-hydrogen) atoms. The number of rotatable bonds is 4. The van der Waals surface area contributed by atoms with Crippen molar-refractivity contribution >= 4 is 31.7 Å². The summed E-state index contributed by atoms with van der Waals surface area (Å²) in [5, 5.41) is 2.41. The number of hydrogen-bond acceptors (Lipinski definition) is 2. The summed E-state index contributed by atoms with van der Waals surface area (Å²) in [5.74, 6) is 0. The van der Waals surface area contributed by atoms with Gasteiger partial charge in [0, 0.05) is 0 Å². The molecule has 0 aliphatic heterocycles. The number of halogens is 4. The molecule has 0 aliphatic rings. The van der Waals surface area contributed by atoms with Crippen molar-refractivity contribution in [2.75, 3.05) is 0 Å². The Bertz CT molecular complexity index is 1260. The molecule has 0 saturated carbocycles. The molecule has 0 spiro atoms. The van der Waals surface area contributed by atoms with E-state index in [1.165, 1.54) is 36.4 Å². The van der Waals surface area contributed by atoms with Gasteiger partial charge in [0.05, 0.1) is 0 Å². The van der Waals surface area contributed by atoms with Crippen molar-refractivity contribution in [3.8, 4) is 0 Å². The molecule has 0 aromatic heterocycles. The van der Waals surface area contributed by atoms with Crippen molar-refractivity contribution in [2.45, 2.75) is 3.26 Å². The van der Waals surface area contributed by atoms with Gasteiger partial charge in [0.1, 0.15) is 0 Å². The van der Waals surface area contributed by atoms with E-state index in [4.69, 9.17) is 0 Å². The molecule has 0 aliphatic carbocycles. The molecule has 0 heterocycles. The Morgan fingerprint density at radius 3 is 1.45 bits per heavy atom. The van der Waals surface area contributed by atoms with Crippen LogP contribution in [0.1, 0.15) is 0 Å². The van der Waals surface area contributed by atoms with Crippen molar-refractivity contribution < 1.29 is 43.6 Å². The van der Waals surface area contributed by atoms with Crippen LogP contribution in [-0.4, -0.2) is 16.2 Å². The molecule has 152 valence electrons. The zero-order chi connectivity index (χ0) is 20.9. The fraction of sp³-hybridized carbons (Fsp3) is 0.0476. The van der Waals surface area contributed by atoms with Crippen LogP contribution in [0.2, 0.25) is 0 Å².